The van der Waals surface area contributed by atoms with Crippen molar-refractivity contribution in [2.75, 3.05) is 20.3 Å². The van der Waals surface area contributed by atoms with Crippen LogP contribution in [-0.4, -0.2) is 36.8 Å². The van der Waals surface area contributed by atoms with Gasteiger partial charge in [0, 0.05) is 17.2 Å². The molecule has 0 radical (unpaired) electrons. The van der Waals surface area contributed by atoms with Gasteiger partial charge in [0.05, 0.1) is 41.7 Å². The van der Waals surface area contributed by atoms with Crippen LogP contribution < -0.4 is 19.6 Å². The molecule has 0 unspecified atom stereocenters. The van der Waals surface area contributed by atoms with Gasteiger partial charge in [-0.05, 0) is 61.9 Å². The lowest BCUT2D eigenvalue weighted by Gasteiger charge is -2.27. The summed E-state index contributed by atoms with van der Waals surface area (Å²) < 4.78 is 24.4. The second-order valence-electron chi connectivity index (χ2n) is 10.2. The number of aromatic nitrogens is 1. The third-order valence-electron chi connectivity index (χ3n) is 7.50. The van der Waals surface area contributed by atoms with Crippen molar-refractivity contribution in [3.8, 4) is 17.1 Å². The quantitative estimate of drug-likeness (QED) is 0.213. The number of ether oxygens (including phenoxy) is 3. The van der Waals surface area contributed by atoms with Crippen LogP contribution in [0.4, 0.5) is 0 Å². The summed E-state index contributed by atoms with van der Waals surface area (Å²) >= 11 is 1.20. The molecule has 6 rings (SSSR count). The first-order valence-corrected chi connectivity index (χ1v) is 15.3. The molecule has 0 saturated carbocycles. The molecule has 0 N–H and O–H groups in total. The summed E-state index contributed by atoms with van der Waals surface area (Å²) in [5.41, 5.74) is 2.17. The fraction of sp³-hybridized carbons (Fsp3) is 0.200. The van der Waals surface area contributed by atoms with Crippen molar-refractivity contribution >= 4 is 40.1 Å². The molecular weight excluding hydrogens is 592 g/mol. The van der Waals surface area contributed by atoms with E-state index in [-0.39, 0.29) is 24.3 Å². The number of hydrogen-bond donors (Lipinski definition) is 0. The van der Waals surface area contributed by atoms with E-state index in [9.17, 15) is 14.4 Å². The van der Waals surface area contributed by atoms with Crippen LogP contribution in [-0.2, 0) is 14.3 Å². The number of rotatable bonds is 8. The van der Waals surface area contributed by atoms with Gasteiger partial charge in [0.1, 0.15) is 23.3 Å². The van der Waals surface area contributed by atoms with Crippen LogP contribution >= 0.6 is 11.3 Å². The van der Waals surface area contributed by atoms with E-state index in [1.807, 2.05) is 42.5 Å². The van der Waals surface area contributed by atoms with Crippen molar-refractivity contribution in [1.29, 1.82) is 0 Å². The Morgan fingerprint density at radius 2 is 1.76 bits per heavy atom. The molecule has 2 aromatic heterocycles. The molecule has 5 aromatic rings. The van der Waals surface area contributed by atoms with Crippen molar-refractivity contribution < 1.29 is 28.2 Å². The van der Waals surface area contributed by atoms with Crippen molar-refractivity contribution in [3.63, 3.8) is 0 Å². The molecule has 228 valence electrons. The maximum atomic E-state index is 14.2. The largest absolute Gasteiger partial charge is 0.496 e. The maximum absolute atomic E-state index is 14.2. The molecule has 9 nitrogen and oxygen atoms in total. The summed E-state index contributed by atoms with van der Waals surface area (Å²) in [4.78, 5) is 45.0. The lowest BCUT2D eigenvalue weighted by molar-refractivity contribution is -0.139. The first kappa shape index (κ1) is 29.8. The lowest BCUT2D eigenvalue weighted by Crippen LogP contribution is -2.40. The number of thiazole rings is 1. The molecule has 10 heteroatoms. The molecule has 3 heterocycles. The molecule has 0 bridgehead atoms. The van der Waals surface area contributed by atoms with Crippen molar-refractivity contribution in [3.05, 3.63) is 121 Å². The van der Waals surface area contributed by atoms with Gasteiger partial charge in [0.25, 0.3) is 5.56 Å². The van der Waals surface area contributed by atoms with Crippen molar-refractivity contribution in [2.45, 2.75) is 26.8 Å². The van der Waals surface area contributed by atoms with E-state index in [1.165, 1.54) is 15.9 Å². The van der Waals surface area contributed by atoms with Gasteiger partial charge >= 0.3 is 11.9 Å². The average Bonchev–Trinajstić information content (AvgIpc) is 3.64. The number of benzene rings is 3. The molecule has 0 spiro atoms. The van der Waals surface area contributed by atoms with E-state index in [1.54, 1.807) is 64.3 Å². The topological polar surface area (TPSA) is 109 Å². The predicted molar refractivity (Wildman–Crippen MR) is 171 cm³/mol. The molecule has 45 heavy (non-hydrogen) atoms. The molecule has 0 amide bonds. The Morgan fingerprint density at radius 1 is 0.978 bits per heavy atom. The zero-order valence-corrected chi connectivity index (χ0v) is 26.0. The smallest absolute Gasteiger partial charge is 0.338 e. The van der Waals surface area contributed by atoms with Crippen molar-refractivity contribution in [1.82, 2.24) is 4.57 Å². The highest BCUT2D eigenvalue weighted by molar-refractivity contribution is 7.07. The molecule has 1 atom stereocenters. The van der Waals surface area contributed by atoms with E-state index >= 15 is 0 Å². The Labute approximate surface area is 262 Å². The summed E-state index contributed by atoms with van der Waals surface area (Å²) in [6.45, 7) is 5.69. The standard InChI is InChI=1S/C35H30N2O7S/c1-5-42-33(39)23-12-9-11-22(18-23)26-17-15-24(44-26)19-28-32(38)37-31(29(34(40)43-6-2)20(3)36-35(37)45-28)30-25-13-8-7-10-21(25)14-16-27(30)41-4/h7-19,31H,5-6H2,1-4H3/b28-19-/t31-/m0/s1. The number of allylic oxidation sites excluding steroid dienone is 1. The van der Waals surface area contributed by atoms with Gasteiger partial charge in [0.15, 0.2) is 4.80 Å². The Morgan fingerprint density at radius 3 is 2.53 bits per heavy atom. The zero-order valence-electron chi connectivity index (χ0n) is 25.2. The van der Waals surface area contributed by atoms with E-state index in [0.717, 1.165) is 10.8 Å². The van der Waals surface area contributed by atoms with Gasteiger partial charge in [-0.25, -0.2) is 14.6 Å². The number of carbonyl (C=O) groups is 2. The molecule has 0 aliphatic carbocycles. The van der Waals surface area contributed by atoms with Gasteiger partial charge in [-0.1, -0.05) is 53.8 Å². The minimum atomic E-state index is -0.846. The fourth-order valence-corrected chi connectivity index (χ4v) is 6.56. The second-order valence-corrected chi connectivity index (χ2v) is 11.2. The highest BCUT2D eigenvalue weighted by Gasteiger charge is 2.36. The van der Waals surface area contributed by atoms with Crippen LogP contribution in [0.25, 0.3) is 28.2 Å². The van der Waals surface area contributed by atoms with Crippen LogP contribution in [0.2, 0.25) is 0 Å². The van der Waals surface area contributed by atoms with E-state index in [2.05, 4.69) is 4.99 Å². The monoisotopic (exact) mass is 622 g/mol. The van der Waals surface area contributed by atoms with Gasteiger partial charge in [-0.2, -0.15) is 0 Å². The Hall–Kier alpha value is -5.22. The molecule has 0 fully saturated rings. The number of carbonyl (C=O) groups excluding carboxylic acids is 2. The first-order chi connectivity index (χ1) is 21.8. The Balaban J connectivity index is 1.50. The third-order valence-corrected chi connectivity index (χ3v) is 8.48. The van der Waals surface area contributed by atoms with Crippen LogP contribution in [0, 0.1) is 0 Å². The summed E-state index contributed by atoms with van der Waals surface area (Å²) in [6.07, 6.45) is 1.66. The van der Waals surface area contributed by atoms with Crippen LogP contribution in [0.15, 0.2) is 98.3 Å². The van der Waals surface area contributed by atoms with Crippen LogP contribution in [0.3, 0.4) is 0 Å². The highest BCUT2D eigenvalue weighted by atomic mass is 32.1. The van der Waals surface area contributed by atoms with Crippen LogP contribution in [0.1, 0.15) is 48.5 Å². The minimum absolute atomic E-state index is 0.170. The average molecular weight is 623 g/mol. The highest BCUT2D eigenvalue weighted by Crippen LogP contribution is 2.40. The predicted octanol–water partition coefficient (Wildman–Crippen LogP) is 5.40. The zero-order chi connectivity index (χ0) is 31.7. The van der Waals surface area contributed by atoms with E-state index in [0.29, 0.717) is 49.0 Å². The Bertz CT molecular complexity index is 2170. The van der Waals surface area contributed by atoms with Gasteiger partial charge in [0.2, 0.25) is 0 Å². The molecule has 3 aromatic carbocycles. The number of fused-ring (bicyclic) bond motifs is 2. The number of hydrogen-bond acceptors (Lipinski definition) is 9. The maximum Gasteiger partial charge on any atom is 0.338 e. The van der Waals surface area contributed by atoms with Gasteiger partial charge in [-0.15, -0.1) is 0 Å². The van der Waals surface area contributed by atoms with Crippen molar-refractivity contribution in [2.24, 2.45) is 4.99 Å². The first-order valence-electron chi connectivity index (χ1n) is 14.5. The van der Waals surface area contributed by atoms with E-state index < -0.39 is 18.0 Å². The van der Waals surface area contributed by atoms with E-state index in [4.69, 9.17) is 18.6 Å². The third kappa shape index (κ3) is 5.49. The number of nitrogens with zero attached hydrogens (tertiary/aromatic N) is 2. The summed E-state index contributed by atoms with van der Waals surface area (Å²) in [5, 5.41) is 1.78. The molecule has 0 saturated heterocycles. The summed E-state index contributed by atoms with van der Waals surface area (Å²) in [7, 11) is 1.56. The number of esters is 2. The van der Waals surface area contributed by atoms with Gasteiger partial charge in [-0.3, -0.25) is 9.36 Å². The SMILES string of the molecule is CCOC(=O)C1=C(C)N=c2s/c(=C\c3ccc(-c4cccc(C(=O)OCC)c4)o3)c(=O)n2[C@@H]1c1c(OC)ccc2ccccc12. The lowest BCUT2D eigenvalue weighted by atomic mass is 9.90. The fourth-order valence-electron chi connectivity index (χ4n) is 5.53. The molecule has 1 aliphatic heterocycles. The summed E-state index contributed by atoms with van der Waals surface area (Å²) in [6, 6.07) is 21.2. The minimum Gasteiger partial charge on any atom is -0.496 e. The molecular formula is C35H30N2O7S. The number of furan rings is 1. The van der Waals surface area contributed by atoms with Gasteiger partial charge < -0.3 is 18.6 Å². The van der Waals surface area contributed by atoms with Crippen LogP contribution in [0.5, 0.6) is 5.75 Å². The number of methoxy groups -OCH3 is 1. The summed E-state index contributed by atoms with van der Waals surface area (Å²) in [5.74, 6) is 0.540. The Kier molecular flexibility index (Phi) is 8.23. The normalized spacial score (nSPS) is 14.7. The molecule has 1 aliphatic rings. The second kappa shape index (κ2) is 12.4.